The summed E-state index contributed by atoms with van der Waals surface area (Å²) in [7, 11) is 2.12. The van der Waals surface area contributed by atoms with Crippen LogP contribution in [0.25, 0.3) is 0 Å². The van der Waals surface area contributed by atoms with Crippen molar-refractivity contribution < 1.29 is 0 Å². The first-order valence-electron chi connectivity index (χ1n) is 6.08. The zero-order chi connectivity index (χ0) is 12.3. The Morgan fingerprint density at radius 1 is 1.35 bits per heavy atom. The summed E-state index contributed by atoms with van der Waals surface area (Å²) in [5.74, 6) is 0. The summed E-state index contributed by atoms with van der Waals surface area (Å²) in [6, 6.07) is 9.11. The average molecular weight is 246 g/mol. The molecule has 0 saturated heterocycles. The van der Waals surface area contributed by atoms with Crippen molar-refractivity contribution in [3.05, 3.63) is 23.8 Å². The standard InChI is InChI=1S/C14H18N2S/c1-16(11-6-3-4-7-11)13-8-5-9-14(17-2)12(13)10-15/h5,8-9,11H,3-4,6-7H2,1-2H3. The van der Waals surface area contributed by atoms with Crippen LogP contribution in [0.5, 0.6) is 0 Å². The number of hydrogen-bond acceptors (Lipinski definition) is 3. The Labute approximate surface area is 108 Å². The molecule has 1 saturated carbocycles. The fourth-order valence-corrected chi connectivity index (χ4v) is 3.15. The third-order valence-corrected chi connectivity index (χ3v) is 4.37. The van der Waals surface area contributed by atoms with Crippen molar-refractivity contribution >= 4 is 17.4 Å². The van der Waals surface area contributed by atoms with Crippen LogP contribution in [-0.4, -0.2) is 19.3 Å². The van der Waals surface area contributed by atoms with Gasteiger partial charge in [0.15, 0.2) is 0 Å². The molecule has 0 N–H and O–H groups in total. The number of nitrogens with zero attached hydrogens (tertiary/aromatic N) is 2. The van der Waals surface area contributed by atoms with E-state index in [1.54, 1.807) is 11.8 Å². The first-order chi connectivity index (χ1) is 8.27. The van der Waals surface area contributed by atoms with Gasteiger partial charge < -0.3 is 4.90 Å². The van der Waals surface area contributed by atoms with Gasteiger partial charge in [0.1, 0.15) is 6.07 Å². The monoisotopic (exact) mass is 246 g/mol. The van der Waals surface area contributed by atoms with Gasteiger partial charge in [0.25, 0.3) is 0 Å². The van der Waals surface area contributed by atoms with E-state index in [4.69, 9.17) is 0 Å². The van der Waals surface area contributed by atoms with Crippen molar-refractivity contribution in [1.82, 2.24) is 0 Å². The lowest BCUT2D eigenvalue weighted by Crippen LogP contribution is -2.29. The minimum Gasteiger partial charge on any atom is -0.371 e. The van der Waals surface area contributed by atoms with E-state index in [0.29, 0.717) is 6.04 Å². The third kappa shape index (κ3) is 2.42. The maximum Gasteiger partial charge on any atom is 0.103 e. The van der Waals surface area contributed by atoms with Crippen LogP contribution in [0.4, 0.5) is 5.69 Å². The van der Waals surface area contributed by atoms with E-state index in [1.165, 1.54) is 25.7 Å². The zero-order valence-electron chi connectivity index (χ0n) is 10.4. The molecule has 17 heavy (non-hydrogen) atoms. The van der Waals surface area contributed by atoms with Crippen molar-refractivity contribution in [3.63, 3.8) is 0 Å². The van der Waals surface area contributed by atoms with Gasteiger partial charge >= 0.3 is 0 Å². The molecule has 0 spiro atoms. The molecular formula is C14H18N2S. The number of benzene rings is 1. The fraction of sp³-hybridized carbons (Fsp3) is 0.500. The second-order valence-electron chi connectivity index (χ2n) is 4.52. The molecule has 3 heteroatoms. The van der Waals surface area contributed by atoms with Crippen LogP contribution in [0.1, 0.15) is 31.2 Å². The van der Waals surface area contributed by atoms with E-state index in [0.717, 1.165) is 16.1 Å². The predicted molar refractivity (Wildman–Crippen MR) is 73.6 cm³/mol. The van der Waals surface area contributed by atoms with Crippen LogP contribution in [0.2, 0.25) is 0 Å². The lowest BCUT2D eigenvalue weighted by Gasteiger charge is -2.27. The molecule has 1 fully saturated rings. The Morgan fingerprint density at radius 2 is 2.06 bits per heavy atom. The van der Waals surface area contributed by atoms with Crippen LogP contribution < -0.4 is 4.90 Å². The van der Waals surface area contributed by atoms with E-state index in [2.05, 4.69) is 24.1 Å². The lowest BCUT2D eigenvalue weighted by molar-refractivity contribution is 0.652. The normalized spacial score (nSPS) is 15.8. The minimum absolute atomic E-state index is 0.610. The largest absolute Gasteiger partial charge is 0.371 e. The van der Waals surface area contributed by atoms with Crippen molar-refractivity contribution in [3.8, 4) is 6.07 Å². The van der Waals surface area contributed by atoms with Gasteiger partial charge in [-0.25, -0.2) is 0 Å². The molecule has 0 aliphatic heterocycles. The fourth-order valence-electron chi connectivity index (χ4n) is 2.58. The molecule has 0 atom stereocenters. The average Bonchev–Trinajstić information content (AvgIpc) is 2.90. The maximum atomic E-state index is 9.33. The summed E-state index contributed by atoms with van der Waals surface area (Å²) in [5.41, 5.74) is 1.92. The van der Waals surface area contributed by atoms with Crippen molar-refractivity contribution in [2.45, 2.75) is 36.6 Å². The quantitative estimate of drug-likeness (QED) is 0.762. The van der Waals surface area contributed by atoms with Crippen LogP contribution in [0.15, 0.2) is 23.1 Å². The Morgan fingerprint density at radius 3 is 2.65 bits per heavy atom. The second kappa shape index (κ2) is 5.46. The van der Waals surface area contributed by atoms with Gasteiger partial charge in [0.05, 0.1) is 11.3 Å². The van der Waals surface area contributed by atoms with Crippen molar-refractivity contribution in [2.24, 2.45) is 0 Å². The first kappa shape index (κ1) is 12.3. The Bertz CT molecular complexity index is 430. The van der Waals surface area contributed by atoms with Crippen LogP contribution in [0.3, 0.4) is 0 Å². The molecule has 0 heterocycles. The van der Waals surface area contributed by atoms with Crippen molar-refractivity contribution in [1.29, 1.82) is 5.26 Å². The molecule has 2 nitrogen and oxygen atoms in total. The SMILES string of the molecule is CSc1cccc(N(C)C2CCCC2)c1C#N. The maximum absolute atomic E-state index is 9.33. The van der Waals surface area contributed by atoms with Gasteiger partial charge in [0.2, 0.25) is 0 Å². The van der Waals surface area contributed by atoms with E-state index >= 15 is 0 Å². The molecular weight excluding hydrogens is 228 g/mol. The minimum atomic E-state index is 0.610. The van der Waals surface area contributed by atoms with Gasteiger partial charge in [-0.3, -0.25) is 0 Å². The molecule has 2 rings (SSSR count). The smallest absolute Gasteiger partial charge is 0.103 e. The lowest BCUT2D eigenvalue weighted by atomic mass is 10.1. The number of anilines is 1. The van der Waals surface area contributed by atoms with Crippen LogP contribution in [-0.2, 0) is 0 Å². The number of hydrogen-bond donors (Lipinski definition) is 0. The van der Waals surface area contributed by atoms with Crippen LogP contribution in [0, 0.1) is 11.3 Å². The summed E-state index contributed by atoms with van der Waals surface area (Å²) < 4.78 is 0. The second-order valence-corrected chi connectivity index (χ2v) is 5.36. The molecule has 0 amide bonds. The Kier molecular flexibility index (Phi) is 3.96. The predicted octanol–water partition coefficient (Wildman–Crippen LogP) is 3.66. The van der Waals surface area contributed by atoms with Crippen LogP contribution >= 0.6 is 11.8 Å². The van der Waals surface area contributed by atoms with Gasteiger partial charge in [-0.2, -0.15) is 5.26 Å². The van der Waals surface area contributed by atoms with E-state index in [-0.39, 0.29) is 0 Å². The number of rotatable bonds is 3. The Hall–Kier alpha value is -1.14. The number of thioether (sulfide) groups is 1. The summed E-state index contributed by atoms with van der Waals surface area (Å²) in [6.45, 7) is 0. The molecule has 0 unspecified atom stereocenters. The van der Waals surface area contributed by atoms with E-state index in [9.17, 15) is 5.26 Å². The molecule has 90 valence electrons. The highest BCUT2D eigenvalue weighted by Crippen LogP contribution is 2.32. The highest BCUT2D eigenvalue weighted by molar-refractivity contribution is 7.98. The molecule has 1 aromatic rings. The third-order valence-electron chi connectivity index (χ3n) is 3.59. The van der Waals surface area contributed by atoms with Gasteiger partial charge in [0, 0.05) is 18.0 Å². The van der Waals surface area contributed by atoms with Gasteiger partial charge in [-0.15, -0.1) is 11.8 Å². The van der Waals surface area contributed by atoms with Gasteiger partial charge in [-0.1, -0.05) is 18.9 Å². The molecule has 0 bridgehead atoms. The summed E-state index contributed by atoms with van der Waals surface area (Å²) in [4.78, 5) is 3.38. The molecule has 1 aliphatic carbocycles. The highest BCUT2D eigenvalue weighted by atomic mass is 32.2. The highest BCUT2D eigenvalue weighted by Gasteiger charge is 2.22. The topological polar surface area (TPSA) is 27.0 Å². The van der Waals surface area contributed by atoms with E-state index < -0.39 is 0 Å². The molecule has 1 aliphatic rings. The van der Waals surface area contributed by atoms with Crippen molar-refractivity contribution in [2.75, 3.05) is 18.2 Å². The zero-order valence-corrected chi connectivity index (χ0v) is 11.3. The summed E-state index contributed by atoms with van der Waals surface area (Å²) in [5, 5.41) is 9.33. The Balaban J connectivity index is 2.34. The molecule has 0 aromatic heterocycles. The summed E-state index contributed by atoms with van der Waals surface area (Å²) >= 11 is 1.64. The number of nitriles is 1. The molecule has 0 radical (unpaired) electrons. The molecule has 1 aromatic carbocycles. The first-order valence-corrected chi connectivity index (χ1v) is 7.30. The summed E-state index contributed by atoms with van der Waals surface area (Å²) in [6.07, 6.45) is 7.17. The van der Waals surface area contributed by atoms with E-state index in [1.807, 2.05) is 18.4 Å². The van der Waals surface area contributed by atoms with Gasteiger partial charge in [-0.05, 0) is 31.2 Å².